The van der Waals surface area contributed by atoms with Crippen molar-refractivity contribution < 1.29 is 19.2 Å². The van der Waals surface area contributed by atoms with Gasteiger partial charge in [0, 0.05) is 0 Å². The first-order valence-electron chi connectivity index (χ1n) is 6.51. The highest BCUT2D eigenvalue weighted by atomic mass is 16.6. The second-order valence-electron chi connectivity index (χ2n) is 4.47. The molecule has 0 saturated heterocycles. The summed E-state index contributed by atoms with van der Waals surface area (Å²) in [7, 11) is 0. The van der Waals surface area contributed by atoms with E-state index in [0.717, 1.165) is 6.26 Å². The molecule has 0 aliphatic carbocycles. The van der Waals surface area contributed by atoms with Crippen LogP contribution in [0.4, 0.5) is 5.69 Å². The van der Waals surface area contributed by atoms with E-state index in [0.29, 0.717) is 30.0 Å². The van der Waals surface area contributed by atoms with E-state index in [1.807, 2.05) is 6.92 Å². The van der Waals surface area contributed by atoms with Gasteiger partial charge in [-0.3, -0.25) is 14.8 Å². The van der Waals surface area contributed by atoms with E-state index in [2.05, 4.69) is 5.10 Å². The lowest BCUT2D eigenvalue weighted by Crippen LogP contribution is -2.06. The maximum atomic E-state index is 11.2. The molecule has 0 bridgehead atoms. The van der Waals surface area contributed by atoms with Crippen LogP contribution in [-0.4, -0.2) is 25.8 Å². The maximum absolute atomic E-state index is 11.2. The zero-order chi connectivity index (χ0) is 15.6. The van der Waals surface area contributed by atoms with Crippen molar-refractivity contribution in [1.29, 1.82) is 0 Å². The van der Waals surface area contributed by atoms with Gasteiger partial charge in [-0.05, 0) is 18.9 Å². The van der Waals surface area contributed by atoms with E-state index in [1.54, 1.807) is 6.92 Å². The first-order valence-corrected chi connectivity index (χ1v) is 6.51. The topological polar surface area (TPSA) is 111 Å². The van der Waals surface area contributed by atoms with Crippen molar-refractivity contribution in [2.75, 3.05) is 0 Å². The van der Waals surface area contributed by atoms with Gasteiger partial charge < -0.3 is 9.52 Å². The number of hydrogen-bond donors (Lipinski definition) is 1. The van der Waals surface area contributed by atoms with Crippen molar-refractivity contribution in [3.05, 3.63) is 45.2 Å². The molecule has 1 N–H and O–H groups in total. The van der Waals surface area contributed by atoms with Gasteiger partial charge in [0.25, 0.3) is 0 Å². The third kappa shape index (κ3) is 2.78. The van der Waals surface area contributed by atoms with Crippen LogP contribution >= 0.6 is 0 Å². The predicted octanol–water partition coefficient (Wildman–Crippen LogP) is 2.26. The lowest BCUT2D eigenvalue weighted by molar-refractivity contribution is -0.386. The van der Waals surface area contributed by atoms with E-state index in [4.69, 9.17) is 9.52 Å². The molecule has 2 aromatic heterocycles. The Morgan fingerprint density at radius 3 is 2.67 bits per heavy atom. The Balaban J connectivity index is 2.39. The van der Waals surface area contributed by atoms with Gasteiger partial charge in [-0.25, -0.2) is 4.79 Å². The van der Waals surface area contributed by atoms with Crippen molar-refractivity contribution in [2.24, 2.45) is 0 Å². The number of carboxylic acid groups (broad SMARTS) is 1. The van der Waals surface area contributed by atoms with E-state index >= 15 is 0 Å². The standard InChI is InChI=1S/C13H15N3O5/c1-3-10-12(16(19)20)11(4-2)15(14-10)6-9-5-8(7-21-9)13(17)18/h5,7H,3-4,6H2,1-2H3,(H,17,18). The molecule has 0 aliphatic rings. The molecule has 8 nitrogen and oxygen atoms in total. The molecule has 0 fully saturated rings. The number of nitrogens with zero attached hydrogens (tertiary/aromatic N) is 3. The number of carbonyl (C=O) groups is 1. The van der Waals surface area contributed by atoms with Crippen molar-refractivity contribution in [3.63, 3.8) is 0 Å². The number of aromatic carboxylic acids is 1. The summed E-state index contributed by atoms with van der Waals surface area (Å²) in [5.41, 5.74) is 0.998. The Hall–Kier alpha value is -2.64. The largest absolute Gasteiger partial charge is 0.478 e. The highest BCUT2D eigenvalue weighted by Gasteiger charge is 2.25. The molecular weight excluding hydrogens is 278 g/mol. The summed E-state index contributed by atoms with van der Waals surface area (Å²) in [5.74, 6) is -0.691. The molecule has 2 heterocycles. The highest BCUT2D eigenvalue weighted by Crippen LogP contribution is 2.25. The average Bonchev–Trinajstić information content (AvgIpc) is 3.03. The molecule has 0 saturated carbocycles. The molecule has 0 atom stereocenters. The smallest absolute Gasteiger partial charge is 0.338 e. The summed E-state index contributed by atoms with van der Waals surface area (Å²) in [6.07, 6.45) is 2.05. The number of nitro groups is 1. The fourth-order valence-electron chi connectivity index (χ4n) is 2.20. The lowest BCUT2D eigenvalue weighted by atomic mass is 10.2. The first-order chi connectivity index (χ1) is 9.97. The van der Waals surface area contributed by atoms with Crippen molar-refractivity contribution >= 4 is 11.7 Å². The summed E-state index contributed by atoms with van der Waals surface area (Å²) < 4.78 is 6.66. The fourth-order valence-corrected chi connectivity index (χ4v) is 2.20. The Bertz CT molecular complexity index is 686. The van der Waals surface area contributed by atoms with Gasteiger partial charge in [0.2, 0.25) is 0 Å². The molecule has 21 heavy (non-hydrogen) atoms. The first kappa shape index (κ1) is 14.8. The Labute approximate surface area is 120 Å². The van der Waals surface area contributed by atoms with E-state index in [1.165, 1.54) is 10.7 Å². The molecule has 0 unspecified atom stereocenters. The van der Waals surface area contributed by atoms with Crippen LogP contribution in [0.2, 0.25) is 0 Å². The van der Waals surface area contributed by atoms with Gasteiger partial charge >= 0.3 is 11.7 Å². The summed E-state index contributed by atoms with van der Waals surface area (Å²) in [5, 5.41) is 24.3. The number of furan rings is 1. The minimum Gasteiger partial charge on any atom is -0.478 e. The molecule has 112 valence electrons. The third-order valence-corrected chi connectivity index (χ3v) is 3.16. The molecule has 0 aliphatic heterocycles. The van der Waals surface area contributed by atoms with Crippen LogP contribution in [0.3, 0.4) is 0 Å². The molecule has 0 aromatic carbocycles. The molecule has 8 heteroatoms. The van der Waals surface area contributed by atoms with Crippen molar-refractivity contribution in [2.45, 2.75) is 33.2 Å². The Morgan fingerprint density at radius 1 is 1.48 bits per heavy atom. The average molecular weight is 293 g/mol. The maximum Gasteiger partial charge on any atom is 0.338 e. The van der Waals surface area contributed by atoms with E-state index in [9.17, 15) is 14.9 Å². The van der Waals surface area contributed by atoms with Gasteiger partial charge in [-0.15, -0.1) is 0 Å². The van der Waals surface area contributed by atoms with Crippen LogP contribution in [0.5, 0.6) is 0 Å². The summed E-state index contributed by atoms with van der Waals surface area (Å²) in [6, 6.07) is 1.39. The van der Waals surface area contributed by atoms with Crippen molar-refractivity contribution in [3.8, 4) is 0 Å². The number of hydrogen-bond acceptors (Lipinski definition) is 5. The second-order valence-corrected chi connectivity index (χ2v) is 4.47. The van der Waals surface area contributed by atoms with E-state index < -0.39 is 10.9 Å². The summed E-state index contributed by atoms with van der Waals surface area (Å²) >= 11 is 0. The zero-order valence-electron chi connectivity index (χ0n) is 11.7. The highest BCUT2D eigenvalue weighted by molar-refractivity contribution is 5.87. The lowest BCUT2D eigenvalue weighted by Gasteiger charge is -2.02. The van der Waals surface area contributed by atoms with Crippen LogP contribution in [0.15, 0.2) is 16.7 Å². The Morgan fingerprint density at radius 2 is 2.19 bits per heavy atom. The molecular formula is C13H15N3O5. The van der Waals surface area contributed by atoms with Gasteiger partial charge in [0.1, 0.15) is 23.4 Å². The molecule has 2 aromatic rings. The molecule has 0 radical (unpaired) electrons. The minimum atomic E-state index is -1.08. The van der Waals surface area contributed by atoms with Crippen LogP contribution in [0, 0.1) is 10.1 Å². The van der Waals surface area contributed by atoms with Crippen LogP contribution < -0.4 is 0 Å². The van der Waals surface area contributed by atoms with Crippen LogP contribution in [-0.2, 0) is 19.4 Å². The summed E-state index contributed by atoms with van der Waals surface area (Å²) in [4.78, 5) is 21.6. The molecule has 2 rings (SSSR count). The number of rotatable bonds is 6. The Kier molecular flexibility index (Phi) is 4.06. The van der Waals surface area contributed by atoms with Crippen LogP contribution in [0.25, 0.3) is 0 Å². The SMILES string of the molecule is CCc1nn(Cc2cc(C(=O)O)co2)c(CC)c1[N+](=O)[O-]. The number of carboxylic acids is 1. The van der Waals surface area contributed by atoms with Crippen LogP contribution in [0.1, 0.15) is 41.4 Å². The predicted molar refractivity (Wildman–Crippen MR) is 72.4 cm³/mol. The fraction of sp³-hybridized carbons (Fsp3) is 0.385. The normalized spacial score (nSPS) is 10.8. The van der Waals surface area contributed by atoms with Crippen molar-refractivity contribution in [1.82, 2.24) is 9.78 Å². The minimum absolute atomic E-state index is 0.0324. The van der Waals surface area contributed by atoms with Gasteiger partial charge in [-0.1, -0.05) is 13.8 Å². The summed E-state index contributed by atoms with van der Waals surface area (Å²) in [6.45, 7) is 3.77. The number of aryl methyl sites for hydroxylation is 1. The number of aromatic nitrogens is 2. The molecule has 0 amide bonds. The van der Waals surface area contributed by atoms with Gasteiger partial charge in [-0.2, -0.15) is 5.10 Å². The van der Waals surface area contributed by atoms with Gasteiger partial charge in [0.05, 0.1) is 17.0 Å². The van der Waals surface area contributed by atoms with Gasteiger partial charge in [0.15, 0.2) is 0 Å². The monoisotopic (exact) mass is 293 g/mol. The van der Waals surface area contributed by atoms with E-state index in [-0.39, 0.29) is 17.8 Å². The second kappa shape index (κ2) is 5.78. The quantitative estimate of drug-likeness (QED) is 0.645. The third-order valence-electron chi connectivity index (χ3n) is 3.16. The zero-order valence-corrected chi connectivity index (χ0v) is 11.7. The molecule has 0 spiro atoms.